The van der Waals surface area contributed by atoms with Crippen molar-refractivity contribution in [2.24, 2.45) is 5.92 Å². The number of alkyl halides is 5. The lowest BCUT2D eigenvalue weighted by atomic mass is 9.98. The Balaban J connectivity index is 3.03. The Morgan fingerprint density at radius 3 is 2.19 bits per heavy atom. The highest BCUT2D eigenvalue weighted by molar-refractivity contribution is 6.49. The average Bonchev–Trinajstić information content (AvgIpc) is 2.51. The molecule has 26 heavy (non-hydrogen) atoms. The minimum atomic E-state index is -4.41. The average molecular weight is 406 g/mol. The molecule has 0 aliphatic heterocycles. The summed E-state index contributed by atoms with van der Waals surface area (Å²) in [5.74, 6) is 1.77. The highest BCUT2D eigenvalue weighted by Crippen LogP contribution is 2.31. The molecule has 1 aromatic rings. The van der Waals surface area contributed by atoms with Crippen molar-refractivity contribution in [1.82, 2.24) is 5.32 Å². The lowest BCUT2D eigenvalue weighted by Crippen LogP contribution is -2.45. The Bertz CT molecular complexity index is 701. The van der Waals surface area contributed by atoms with Crippen molar-refractivity contribution in [2.45, 2.75) is 43.7 Å². The highest BCUT2D eigenvalue weighted by atomic mass is 35.5. The van der Waals surface area contributed by atoms with E-state index < -0.39 is 28.0 Å². The van der Waals surface area contributed by atoms with Gasteiger partial charge in [-0.05, 0) is 36.6 Å². The summed E-state index contributed by atoms with van der Waals surface area (Å²) in [4.78, 5) is 12.5. The van der Waals surface area contributed by atoms with Crippen LogP contribution in [0.4, 0.5) is 13.2 Å². The molecule has 1 atom stereocenters. The van der Waals surface area contributed by atoms with E-state index in [0.29, 0.717) is 11.1 Å². The molecule has 1 amide bonds. The zero-order chi connectivity index (χ0) is 20.1. The fraction of sp³-hybridized carbons (Fsp3) is 0.421. The van der Waals surface area contributed by atoms with Gasteiger partial charge < -0.3 is 5.32 Å². The first kappa shape index (κ1) is 22.4. The maximum atomic E-state index is 12.6. The topological polar surface area (TPSA) is 29.1 Å². The second kappa shape index (κ2) is 8.83. The summed E-state index contributed by atoms with van der Waals surface area (Å²) in [5, 5.41) is 2.70. The van der Waals surface area contributed by atoms with E-state index in [9.17, 15) is 18.0 Å². The Hall–Kier alpha value is -1.64. The third-order valence-corrected chi connectivity index (χ3v) is 4.69. The number of carbonyl (C=O) groups is 1. The fourth-order valence-corrected chi connectivity index (χ4v) is 2.38. The van der Waals surface area contributed by atoms with Crippen molar-refractivity contribution < 1.29 is 18.0 Å². The van der Waals surface area contributed by atoms with Gasteiger partial charge in [0.05, 0.1) is 11.6 Å². The summed E-state index contributed by atoms with van der Waals surface area (Å²) in [5.41, 5.74) is 0.125. The van der Waals surface area contributed by atoms with Crippen LogP contribution in [0.3, 0.4) is 0 Å². The number of amides is 1. The molecule has 7 heteroatoms. The van der Waals surface area contributed by atoms with Crippen LogP contribution in [0.1, 0.15) is 38.3 Å². The first-order chi connectivity index (χ1) is 11.9. The third kappa shape index (κ3) is 6.26. The summed E-state index contributed by atoms with van der Waals surface area (Å²) < 4.78 is 36.6. The summed E-state index contributed by atoms with van der Waals surface area (Å²) in [6.45, 7) is 5.23. The van der Waals surface area contributed by atoms with E-state index in [1.165, 1.54) is 18.2 Å². The predicted octanol–water partition coefficient (Wildman–Crippen LogP) is 5.45. The standard InChI is InChI=1S/C19H20Cl2F3NO/c1-5-10-18(20,21)13(4)25-17(26)16(12(2)3)11-14-6-8-15(9-7-14)19(22,23)24/h1,6-9,11-13H,10H2,2-4H3,(H,25,26)/b16-11+. The first-order valence-electron chi connectivity index (χ1n) is 7.89. The summed E-state index contributed by atoms with van der Waals surface area (Å²) in [6.07, 6.45) is 2.40. The van der Waals surface area contributed by atoms with Crippen LogP contribution in [0.15, 0.2) is 29.8 Å². The number of carbonyl (C=O) groups excluding carboxylic acids is 1. The molecule has 0 aliphatic rings. The van der Waals surface area contributed by atoms with Gasteiger partial charge in [0, 0.05) is 12.0 Å². The summed E-state index contributed by atoms with van der Waals surface area (Å²) >= 11 is 12.2. The third-order valence-electron chi connectivity index (χ3n) is 3.76. The number of nitrogens with one attached hydrogen (secondary N) is 1. The van der Waals surface area contributed by atoms with Gasteiger partial charge in [-0.25, -0.2) is 0 Å². The van der Waals surface area contributed by atoms with Crippen molar-refractivity contribution in [3.05, 3.63) is 41.0 Å². The van der Waals surface area contributed by atoms with Crippen molar-refractivity contribution in [2.75, 3.05) is 0 Å². The van der Waals surface area contributed by atoms with Crippen LogP contribution < -0.4 is 5.32 Å². The van der Waals surface area contributed by atoms with Crippen LogP contribution in [-0.2, 0) is 11.0 Å². The molecule has 1 N–H and O–H groups in total. The molecule has 1 unspecified atom stereocenters. The van der Waals surface area contributed by atoms with Crippen LogP contribution in [-0.4, -0.2) is 16.3 Å². The molecule has 1 rings (SSSR count). The molecule has 0 radical (unpaired) electrons. The minimum absolute atomic E-state index is 0.0528. The molecule has 0 saturated carbocycles. The lowest BCUT2D eigenvalue weighted by molar-refractivity contribution is -0.137. The number of hydrogen-bond donors (Lipinski definition) is 1. The van der Waals surface area contributed by atoms with Gasteiger partial charge in [-0.3, -0.25) is 4.79 Å². The van der Waals surface area contributed by atoms with Crippen LogP contribution in [0.25, 0.3) is 6.08 Å². The van der Waals surface area contributed by atoms with E-state index in [-0.39, 0.29) is 12.3 Å². The van der Waals surface area contributed by atoms with Crippen LogP contribution in [0.2, 0.25) is 0 Å². The Morgan fingerprint density at radius 2 is 1.77 bits per heavy atom. The van der Waals surface area contributed by atoms with Gasteiger partial charge in [0.1, 0.15) is 4.33 Å². The number of halogens is 5. The molecule has 0 heterocycles. The van der Waals surface area contributed by atoms with Crippen LogP contribution in [0, 0.1) is 18.3 Å². The largest absolute Gasteiger partial charge is 0.416 e. The first-order valence-corrected chi connectivity index (χ1v) is 8.65. The lowest BCUT2D eigenvalue weighted by Gasteiger charge is -2.27. The Labute approximate surface area is 161 Å². The van der Waals surface area contributed by atoms with Crippen molar-refractivity contribution in [1.29, 1.82) is 0 Å². The second-order valence-corrected chi connectivity index (χ2v) is 7.75. The van der Waals surface area contributed by atoms with E-state index in [2.05, 4.69) is 11.2 Å². The Morgan fingerprint density at radius 1 is 1.23 bits per heavy atom. The maximum Gasteiger partial charge on any atom is 0.416 e. The quantitative estimate of drug-likeness (QED) is 0.380. The highest BCUT2D eigenvalue weighted by Gasteiger charge is 2.33. The van der Waals surface area contributed by atoms with E-state index in [0.717, 1.165) is 12.1 Å². The van der Waals surface area contributed by atoms with Gasteiger partial charge in [0.25, 0.3) is 0 Å². The Kier molecular flexibility index (Phi) is 7.61. The van der Waals surface area contributed by atoms with Gasteiger partial charge in [-0.1, -0.05) is 49.2 Å². The van der Waals surface area contributed by atoms with Crippen molar-refractivity contribution >= 4 is 35.2 Å². The summed E-state index contributed by atoms with van der Waals surface area (Å²) in [7, 11) is 0. The molecule has 0 fully saturated rings. The van der Waals surface area contributed by atoms with Gasteiger partial charge in [-0.2, -0.15) is 13.2 Å². The number of rotatable bonds is 6. The van der Waals surface area contributed by atoms with Crippen LogP contribution in [0.5, 0.6) is 0 Å². The van der Waals surface area contributed by atoms with Crippen molar-refractivity contribution in [3.8, 4) is 12.3 Å². The molecule has 0 spiro atoms. The molecular weight excluding hydrogens is 386 g/mol. The molecule has 0 saturated heterocycles. The fourth-order valence-electron chi connectivity index (χ4n) is 2.12. The smallest absolute Gasteiger partial charge is 0.347 e. The molecule has 0 bridgehead atoms. The second-order valence-electron chi connectivity index (χ2n) is 6.21. The maximum absolute atomic E-state index is 12.6. The number of benzene rings is 1. The molecule has 2 nitrogen and oxygen atoms in total. The van der Waals surface area contributed by atoms with Gasteiger partial charge in [-0.15, -0.1) is 12.3 Å². The number of hydrogen-bond acceptors (Lipinski definition) is 1. The minimum Gasteiger partial charge on any atom is -0.347 e. The predicted molar refractivity (Wildman–Crippen MR) is 99.8 cm³/mol. The molecule has 0 aromatic heterocycles. The zero-order valence-corrected chi connectivity index (χ0v) is 16.1. The van der Waals surface area contributed by atoms with E-state index in [1.54, 1.807) is 20.8 Å². The molecule has 142 valence electrons. The summed E-state index contributed by atoms with van der Waals surface area (Å²) in [6, 6.07) is 3.95. The number of terminal acetylenes is 1. The molecule has 1 aromatic carbocycles. The van der Waals surface area contributed by atoms with Gasteiger partial charge in [0.15, 0.2) is 0 Å². The van der Waals surface area contributed by atoms with Crippen LogP contribution >= 0.6 is 23.2 Å². The molecule has 0 aliphatic carbocycles. The normalized spacial score (nSPS) is 14.1. The van der Waals surface area contributed by atoms with Gasteiger partial charge >= 0.3 is 6.18 Å². The molecular formula is C19H20Cl2F3NO. The van der Waals surface area contributed by atoms with Gasteiger partial charge in [0.2, 0.25) is 5.91 Å². The van der Waals surface area contributed by atoms with Crippen molar-refractivity contribution in [3.63, 3.8) is 0 Å². The SMILES string of the molecule is C#CCC(Cl)(Cl)C(C)NC(=O)/C(=C/c1ccc(C(F)(F)F)cc1)C(C)C. The van der Waals surface area contributed by atoms with E-state index in [1.807, 2.05) is 0 Å². The zero-order valence-electron chi connectivity index (χ0n) is 14.6. The van der Waals surface area contributed by atoms with E-state index in [4.69, 9.17) is 29.6 Å². The monoisotopic (exact) mass is 405 g/mol. The van der Waals surface area contributed by atoms with E-state index >= 15 is 0 Å².